The van der Waals surface area contributed by atoms with E-state index in [1.807, 2.05) is 0 Å². The third kappa shape index (κ3) is 5.51. The monoisotopic (exact) mass is 426 g/mol. The van der Waals surface area contributed by atoms with Crippen LogP contribution < -0.4 is 27.4 Å². The molecule has 2 aliphatic heterocycles. The number of likely N-dealkylation sites (tertiary alicyclic amines) is 1. The molecule has 1 saturated carbocycles. The van der Waals surface area contributed by atoms with Crippen LogP contribution in [0.25, 0.3) is 0 Å². The second-order valence-electron chi connectivity index (χ2n) is 10.5. The van der Waals surface area contributed by atoms with E-state index < -0.39 is 6.17 Å². The number of nitrogens with zero attached hydrogens (tertiary/aromatic N) is 1. The second kappa shape index (κ2) is 10.2. The molecule has 3 rings (SSSR count). The quantitative estimate of drug-likeness (QED) is 0.433. The minimum atomic E-state index is -0.765. The largest absolute Gasteiger partial charge is 0.369 e. The molecular formula is C22H43FN6O. The Morgan fingerprint density at radius 1 is 1.17 bits per heavy atom. The number of primary amides is 1. The Labute approximate surface area is 181 Å². The lowest BCUT2D eigenvalue weighted by molar-refractivity contribution is -0.125. The number of nitrogens with two attached hydrogens (primary N) is 2. The molecule has 2 heterocycles. The Morgan fingerprint density at radius 2 is 1.80 bits per heavy atom. The molecular weight excluding hydrogens is 383 g/mol. The number of hydrogen-bond donors (Lipinski definition) is 5. The van der Waals surface area contributed by atoms with Crippen LogP contribution in [0, 0.1) is 29.6 Å². The molecule has 3 aliphatic rings. The van der Waals surface area contributed by atoms with Crippen LogP contribution in [-0.2, 0) is 4.79 Å². The van der Waals surface area contributed by atoms with Crippen molar-refractivity contribution in [2.75, 3.05) is 19.6 Å². The van der Waals surface area contributed by atoms with Crippen LogP contribution in [0.3, 0.4) is 0 Å². The van der Waals surface area contributed by atoms with E-state index in [-0.39, 0.29) is 48.2 Å². The normalized spacial score (nSPS) is 41.3. The molecule has 2 saturated heterocycles. The zero-order chi connectivity index (χ0) is 22.0. The van der Waals surface area contributed by atoms with Gasteiger partial charge in [-0.1, -0.05) is 27.7 Å². The average Bonchev–Trinajstić information content (AvgIpc) is 2.68. The van der Waals surface area contributed by atoms with E-state index in [1.165, 1.54) is 0 Å². The molecule has 0 aromatic rings. The number of amides is 1. The summed E-state index contributed by atoms with van der Waals surface area (Å²) in [5, 5.41) is 10.7. The molecule has 6 atom stereocenters. The molecule has 5 unspecified atom stereocenters. The van der Waals surface area contributed by atoms with Gasteiger partial charge in [0.1, 0.15) is 12.5 Å². The molecule has 0 bridgehead atoms. The summed E-state index contributed by atoms with van der Waals surface area (Å²) >= 11 is 0. The lowest BCUT2D eigenvalue weighted by atomic mass is 9.69. The van der Waals surface area contributed by atoms with E-state index in [0.717, 1.165) is 38.8 Å². The number of hydrogen-bond acceptors (Lipinski definition) is 6. The topological polar surface area (TPSA) is 108 Å². The van der Waals surface area contributed by atoms with Gasteiger partial charge in [0.2, 0.25) is 5.91 Å². The van der Waals surface area contributed by atoms with Crippen molar-refractivity contribution in [2.24, 2.45) is 41.1 Å². The maximum atomic E-state index is 15.2. The Balaban J connectivity index is 1.71. The molecule has 0 spiro atoms. The van der Waals surface area contributed by atoms with Crippen LogP contribution in [0.2, 0.25) is 0 Å². The summed E-state index contributed by atoms with van der Waals surface area (Å²) in [6, 6.07) is 0.347. The van der Waals surface area contributed by atoms with Gasteiger partial charge in [-0.2, -0.15) is 0 Å². The minimum absolute atomic E-state index is 0.0354. The van der Waals surface area contributed by atoms with Gasteiger partial charge < -0.3 is 11.5 Å². The molecule has 8 heteroatoms. The zero-order valence-electron chi connectivity index (χ0n) is 19.1. The predicted molar refractivity (Wildman–Crippen MR) is 118 cm³/mol. The van der Waals surface area contributed by atoms with Crippen molar-refractivity contribution in [3.63, 3.8) is 0 Å². The number of halogens is 1. The third-order valence-corrected chi connectivity index (χ3v) is 7.55. The molecule has 3 fully saturated rings. The molecule has 0 radical (unpaired) electrons. The number of carbonyl (C=O) groups is 1. The number of piperidine rings is 1. The molecule has 174 valence electrons. The first-order valence-electron chi connectivity index (χ1n) is 11.9. The van der Waals surface area contributed by atoms with Gasteiger partial charge in [-0.25, -0.2) is 4.39 Å². The first kappa shape index (κ1) is 23.9. The van der Waals surface area contributed by atoms with Crippen molar-refractivity contribution in [2.45, 2.75) is 84.1 Å². The van der Waals surface area contributed by atoms with Gasteiger partial charge in [0.25, 0.3) is 0 Å². The lowest BCUT2D eigenvalue weighted by Crippen LogP contribution is -2.72. The molecule has 7 nitrogen and oxygen atoms in total. The summed E-state index contributed by atoms with van der Waals surface area (Å²) in [7, 11) is 0. The van der Waals surface area contributed by atoms with Gasteiger partial charge in [-0.05, 0) is 49.4 Å². The van der Waals surface area contributed by atoms with Crippen LogP contribution in [0.15, 0.2) is 0 Å². The highest BCUT2D eigenvalue weighted by atomic mass is 19.1. The highest BCUT2D eigenvalue weighted by Crippen LogP contribution is 2.40. The van der Waals surface area contributed by atoms with Crippen LogP contribution in [-0.4, -0.2) is 61.2 Å². The fraction of sp³-hybridized carbons (Fsp3) is 0.955. The number of alkyl halides is 1. The fourth-order valence-electron chi connectivity index (χ4n) is 5.64. The SMILES string of the molecule is CC(C)C1CC(NC2NC(N3CCC[C@H](N)C3)NCC2C(N)=O)CC(C(C)C)C1F. The van der Waals surface area contributed by atoms with Crippen molar-refractivity contribution in [3.8, 4) is 0 Å². The Hall–Kier alpha value is -0.800. The van der Waals surface area contributed by atoms with E-state index >= 15 is 4.39 Å². The Morgan fingerprint density at radius 3 is 2.33 bits per heavy atom. The summed E-state index contributed by atoms with van der Waals surface area (Å²) < 4.78 is 15.2. The van der Waals surface area contributed by atoms with Crippen molar-refractivity contribution in [3.05, 3.63) is 0 Å². The summed E-state index contributed by atoms with van der Waals surface area (Å²) in [5.41, 5.74) is 11.9. The van der Waals surface area contributed by atoms with Gasteiger partial charge in [0.15, 0.2) is 0 Å². The number of carbonyl (C=O) groups excluding carboxylic acids is 1. The Bertz CT molecular complexity index is 558. The average molecular weight is 427 g/mol. The lowest BCUT2D eigenvalue weighted by Gasteiger charge is -2.47. The van der Waals surface area contributed by atoms with E-state index in [1.54, 1.807) is 0 Å². The molecule has 1 amide bonds. The zero-order valence-corrected chi connectivity index (χ0v) is 19.1. The summed E-state index contributed by atoms with van der Waals surface area (Å²) in [6.45, 7) is 10.8. The maximum Gasteiger partial charge on any atom is 0.224 e. The highest BCUT2D eigenvalue weighted by Gasteiger charge is 2.43. The van der Waals surface area contributed by atoms with Crippen LogP contribution in [0.4, 0.5) is 4.39 Å². The van der Waals surface area contributed by atoms with E-state index in [2.05, 4.69) is 48.5 Å². The smallest absolute Gasteiger partial charge is 0.224 e. The van der Waals surface area contributed by atoms with Crippen LogP contribution >= 0.6 is 0 Å². The molecule has 30 heavy (non-hydrogen) atoms. The standard InChI is InChI=1S/C22H43FN6O/c1-12(2)16-8-15(9-17(13(3)4)19(16)23)27-21-18(20(25)30)10-26-22(28-21)29-7-5-6-14(24)11-29/h12-19,21-22,26-28H,5-11,24H2,1-4H3,(H2,25,30)/t14-,15?,16?,17?,18?,19?,21?,22?/m0/s1. The highest BCUT2D eigenvalue weighted by molar-refractivity contribution is 5.77. The molecule has 7 N–H and O–H groups in total. The van der Waals surface area contributed by atoms with Crippen molar-refractivity contribution >= 4 is 5.91 Å². The Kier molecular flexibility index (Phi) is 8.12. The number of nitrogens with one attached hydrogen (secondary N) is 3. The van der Waals surface area contributed by atoms with Crippen molar-refractivity contribution in [1.82, 2.24) is 20.9 Å². The first-order chi connectivity index (χ1) is 14.2. The maximum absolute atomic E-state index is 15.2. The molecule has 0 aromatic carbocycles. The molecule has 0 aromatic heterocycles. The fourth-order valence-corrected chi connectivity index (χ4v) is 5.64. The van der Waals surface area contributed by atoms with Crippen LogP contribution in [0.5, 0.6) is 0 Å². The van der Waals surface area contributed by atoms with Gasteiger partial charge in [0.05, 0.1) is 12.1 Å². The second-order valence-corrected chi connectivity index (χ2v) is 10.5. The van der Waals surface area contributed by atoms with Gasteiger partial charge in [-0.3, -0.25) is 25.6 Å². The summed E-state index contributed by atoms with van der Waals surface area (Å²) in [5.74, 6) is -0.0108. The minimum Gasteiger partial charge on any atom is -0.369 e. The number of rotatable bonds is 6. The van der Waals surface area contributed by atoms with E-state index in [0.29, 0.717) is 18.4 Å². The summed E-state index contributed by atoms with van der Waals surface area (Å²) in [4.78, 5) is 14.5. The first-order valence-corrected chi connectivity index (χ1v) is 11.9. The van der Waals surface area contributed by atoms with Crippen molar-refractivity contribution in [1.29, 1.82) is 0 Å². The van der Waals surface area contributed by atoms with E-state index in [9.17, 15) is 4.79 Å². The van der Waals surface area contributed by atoms with Gasteiger partial charge >= 0.3 is 0 Å². The third-order valence-electron chi connectivity index (χ3n) is 7.55. The van der Waals surface area contributed by atoms with Gasteiger partial charge in [-0.15, -0.1) is 0 Å². The van der Waals surface area contributed by atoms with Crippen molar-refractivity contribution < 1.29 is 9.18 Å². The van der Waals surface area contributed by atoms with Crippen LogP contribution in [0.1, 0.15) is 53.4 Å². The van der Waals surface area contributed by atoms with Gasteiger partial charge in [0, 0.05) is 31.7 Å². The molecule has 1 aliphatic carbocycles. The predicted octanol–water partition coefficient (Wildman–Crippen LogP) is 0.948. The van der Waals surface area contributed by atoms with E-state index in [4.69, 9.17) is 11.5 Å². The summed E-state index contributed by atoms with van der Waals surface area (Å²) in [6.07, 6.45) is 2.67.